The highest BCUT2D eigenvalue weighted by molar-refractivity contribution is 5.77. The molecule has 21 nitrogen and oxygen atoms in total. The molecule has 6 rings (SSSR count). The Hall–Kier alpha value is -4.44. The van der Waals surface area contributed by atoms with E-state index in [0.717, 1.165) is 51.4 Å². The number of urea groups is 1. The van der Waals surface area contributed by atoms with Crippen molar-refractivity contribution in [2.24, 2.45) is 63.5 Å². The van der Waals surface area contributed by atoms with E-state index < -0.39 is 5.41 Å². The van der Waals surface area contributed by atoms with E-state index in [1.807, 2.05) is 6.92 Å². The first kappa shape index (κ1) is 57.8. The number of unbranched alkanes of at least 4 members (excludes halogenated alkanes) is 2. The molecule has 0 aromatic carbocycles. The topological polar surface area (TPSA) is 305 Å². The zero-order valence-electron chi connectivity index (χ0n) is 44.1. The molecule has 4 amide bonds. The quantitative estimate of drug-likeness (QED) is 0.0331. The van der Waals surface area contributed by atoms with Crippen molar-refractivity contribution in [3.05, 3.63) is 11.9 Å². The third-order valence-corrected chi connectivity index (χ3v) is 17.3. The Morgan fingerprint density at radius 3 is 2.21 bits per heavy atom. The lowest BCUT2D eigenvalue weighted by atomic mass is 9.43. The molecule has 1 saturated heterocycles. The summed E-state index contributed by atoms with van der Waals surface area (Å²) in [5.74, 6) is -0.382. The van der Waals surface area contributed by atoms with Gasteiger partial charge in [-0.15, -0.1) is 5.10 Å². The van der Waals surface area contributed by atoms with Gasteiger partial charge in [0.05, 0.1) is 71.0 Å². The van der Waals surface area contributed by atoms with Crippen molar-refractivity contribution in [2.45, 2.75) is 180 Å². The van der Waals surface area contributed by atoms with Crippen LogP contribution in [0.3, 0.4) is 0 Å². The number of nitrogens with zero attached hydrogens (tertiary/aromatic N) is 3. The summed E-state index contributed by atoms with van der Waals surface area (Å²) in [6.45, 7) is 12.2. The molecule has 21 heteroatoms. The second kappa shape index (κ2) is 27.9. The minimum Gasteiger partial charge on any atom is -0.462 e. The molecule has 0 unspecified atom stereocenters. The molecule has 412 valence electrons. The molecule has 5 fully saturated rings. The predicted molar refractivity (Wildman–Crippen MR) is 270 cm³/mol. The van der Waals surface area contributed by atoms with Gasteiger partial charge in [0.25, 0.3) is 0 Å². The second-order valence-electron chi connectivity index (χ2n) is 22.0. The Morgan fingerprint density at radius 1 is 0.795 bits per heavy atom. The molecule has 1 aliphatic heterocycles. The van der Waals surface area contributed by atoms with E-state index >= 15 is 0 Å². The maximum atomic E-state index is 13.4. The van der Waals surface area contributed by atoms with E-state index in [4.69, 9.17) is 40.9 Å². The van der Waals surface area contributed by atoms with Crippen molar-refractivity contribution in [3.8, 4) is 0 Å². The molecule has 13 atom stereocenters. The summed E-state index contributed by atoms with van der Waals surface area (Å²) < 4.78 is 31.8. The highest BCUT2D eigenvalue weighted by Crippen LogP contribution is 2.69. The van der Waals surface area contributed by atoms with Crippen molar-refractivity contribution in [3.63, 3.8) is 0 Å². The maximum Gasteiger partial charge on any atom is 0.315 e. The van der Waals surface area contributed by atoms with Crippen LogP contribution in [-0.2, 0) is 60.7 Å². The van der Waals surface area contributed by atoms with Gasteiger partial charge in [-0.1, -0.05) is 38.8 Å². The van der Waals surface area contributed by atoms with Gasteiger partial charge in [-0.3, -0.25) is 24.0 Å². The summed E-state index contributed by atoms with van der Waals surface area (Å²) >= 11 is 0. The lowest BCUT2D eigenvalue weighted by Gasteiger charge is -2.64. The van der Waals surface area contributed by atoms with Crippen LogP contribution in [0.4, 0.5) is 4.79 Å². The van der Waals surface area contributed by atoms with Crippen LogP contribution in [0, 0.1) is 46.3 Å². The predicted octanol–water partition coefficient (Wildman–Crippen LogP) is 3.14. The van der Waals surface area contributed by atoms with Gasteiger partial charge in [0.2, 0.25) is 11.8 Å². The molecule has 10 N–H and O–H groups in total. The molecule has 4 saturated carbocycles. The number of aromatic nitrogens is 3. The standard InChI is InChI=1S/C52H88N10O11/c1-33(10-13-45(64)57-31-36-32-62(61-60-36)23-25-70-27-26-69-24-22-56-44(63)9-7-5-6-8-41-34(2)58-50(68)59-41)38-11-12-39-49-40(30-43(52(38,39)4)73-48(67)17-21-55)51(3)18-14-37(71-46(65)15-19-53)28-35(51)29-42(49)72-47(66)16-20-54/h32-35,37-43,49H,5-31,53-55H2,1-4H3,(H,56,63)(H,57,64)(H2,58,59,68)/t33-,34+,35+,37-,38-,39+,40+,41-,42-,43+,49+,51+,52-/m1/s1. The lowest BCUT2D eigenvalue weighted by molar-refractivity contribution is -0.225. The minimum atomic E-state index is -0.441. The number of hydrogen-bond acceptors (Lipinski definition) is 16. The molecule has 1 aromatic heterocycles. The van der Waals surface area contributed by atoms with E-state index in [-0.39, 0.29) is 153 Å². The Morgan fingerprint density at radius 2 is 1.49 bits per heavy atom. The first-order valence-corrected chi connectivity index (χ1v) is 27.4. The Bertz CT molecular complexity index is 1980. The average Bonchev–Trinajstić information content (AvgIpc) is 4.05. The first-order chi connectivity index (χ1) is 35.1. The van der Waals surface area contributed by atoms with Gasteiger partial charge in [0.15, 0.2) is 0 Å². The van der Waals surface area contributed by atoms with Crippen LogP contribution in [0.1, 0.15) is 143 Å². The molecule has 2 heterocycles. The zero-order valence-corrected chi connectivity index (χ0v) is 44.1. The smallest absolute Gasteiger partial charge is 0.315 e. The van der Waals surface area contributed by atoms with Gasteiger partial charge in [-0.25, -0.2) is 9.48 Å². The van der Waals surface area contributed by atoms with Crippen LogP contribution in [-0.4, -0.2) is 134 Å². The van der Waals surface area contributed by atoms with Gasteiger partial charge >= 0.3 is 23.9 Å². The number of carbonyl (C=O) groups excluding carboxylic acids is 6. The fraction of sp³-hybridized carbons (Fsp3) is 0.846. The summed E-state index contributed by atoms with van der Waals surface area (Å²) in [5, 5.41) is 20.1. The normalized spacial score (nSPS) is 30.7. The zero-order chi connectivity index (χ0) is 52.5. The number of amides is 4. The molecular weight excluding hydrogens is 941 g/mol. The van der Waals surface area contributed by atoms with Gasteiger partial charge in [0, 0.05) is 56.4 Å². The van der Waals surface area contributed by atoms with Crippen LogP contribution >= 0.6 is 0 Å². The van der Waals surface area contributed by atoms with Crippen LogP contribution < -0.4 is 38.5 Å². The van der Waals surface area contributed by atoms with Crippen LogP contribution in [0.5, 0.6) is 0 Å². The fourth-order valence-corrected chi connectivity index (χ4v) is 13.5. The number of hydrogen-bond donors (Lipinski definition) is 7. The van der Waals surface area contributed by atoms with Gasteiger partial charge in [0.1, 0.15) is 24.0 Å². The molecule has 0 spiro atoms. The summed E-state index contributed by atoms with van der Waals surface area (Å²) in [6.07, 6.45) is 11.6. The van der Waals surface area contributed by atoms with Crippen molar-refractivity contribution in [2.75, 3.05) is 52.6 Å². The first-order valence-electron chi connectivity index (χ1n) is 27.4. The highest BCUT2D eigenvalue weighted by atomic mass is 16.6. The molecule has 0 radical (unpaired) electrons. The van der Waals surface area contributed by atoms with Crippen molar-refractivity contribution < 1.29 is 52.5 Å². The van der Waals surface area contributed by atoms with Gasteiger partial charge in [-0.05, 0) is 106 Å². The van der Waals surface area contributed by atoms with Gasteiger partial charge < -0.3 is 62.2 Å². The molecule has 0 bridgehead atoms. The van der Waals surface area contributed by atoms with Crippen LogP contribution in [0.2, 0.25) is 0 Å². The molecule has 73 heavy (non-hydrogen) atoms. The monoisotopic (exact) mass is 1030 g/mol. The van der Waals surface area contributed by atoms with E-state index in [1.54, 1.807) is 10.9 Å². The molecule has 5 aliphatic rings. The summed E-state index contributed by atoms with van der Waals surface area (Å²) in [7, 11) is 0. The summed E-state index contributed by atoms with van der Waals surface area (Å²) in [6, 6.07) is 0.171. The molecule has 4 aliphatic carbocycles. The maximum absolute atomic E-state index is 13.4. The Kier molecular flexibility index (Phi) is 22.1. The Labute approximate surface area is 431 Å². The third-order valence-electron chi connectivity index (χ3n) is 17.3. The number of fused-ring (bicyclic) bond motifs is 5. The van der Waals surface area contributed by atoms with E-state index in [1.165, 1.54) is 0 Å². The van der Waals surface area contributed by atoms with E-state index in [9.17, 15) is 28.8 Å². The molecular formula is C52H88N10O11. The van der Waals surface area contributed by atoms with E-state index in [0.29, 0.717) is 83.7 Å². The molecule has 1 aromatic rings. The largest absolute Gasteiger partial charge is 0.462 e. The van der Waals surface area contributed by atoms with Crippen molar-refractivity contribution in [1.82, 2.24) is 36.3 Å². The number of nitrogens with one attached hydrogen (secondary N) is 4. The highest BCUT2D eigenvalue weighted by Gasteiger charge is 2.68. The number of esters is 3. The average molecular weight is 1030 g/mol. The van der Waals surface area contributed by atoms with Crippen LogP contribution in [0.15, 0.2) is 6.20 Å². The summed E-state index contributed by atoms with van der Waals surface area (Å²) in [5.41, 5.74) is 17.4. The second-order valence-corrected chi connectivity index (χ2v) is 22.0. The van der Waals surface area contributed by atoms with Crippen molar-refractivity contribution >= 4 is 35.8 Å². The Balaban J connectivity index is 0.929. The lowest BCUT2D eigenvalue weighted by Crippen LogP contribution is -2.63. The van der Waals surface area contributed by atoms with E-state index in [2.05, 4.69) is 52.4 Å². The minimum absolute atomic E-state index is 0.00507. The number of nitrogens with two attached hydrogens (primary N) is 3. The van der Waals surface area contributed by atoms with Crippen molar-refractivity contribution in [1.29, 1.82) is 0 Å². The summed E-state index contributed by atoms with van der Waals surface area (Å²) in [4.78, 5) is 76.1. The van der Waals surface area contributed by atoms with Crippen LogP contribution in [0.25, 0.3) is 0 Å². The SMILES string of the molecule is C[C@H](CCC(=O)NCc1cn(CCOCCOCCNC(=O)CCCCC[C@H]2NC(=O)N[C@H]2C)nn1)[C@H]1CC[C@H]2[C@@H]3[C@H](OC(=O)CCN)C[C@@H]4C[C@H](OC(=O)CCN)CC[C@]4(C)[C@H]3C[C@H](OC(=O)CCN)[C@]12C. The third kappa shape index (κ3) is 15.6. The number of rotatable bonds is 30. The number of carbonyl (C=O) groups is 6. The fourth-order valence-electron chi connectivity index (χ4n) is 13.5. The number of ether oxygens (including phenoxy) is 5. The van der Waals surface area contributed by atoms with Gasteiger partial charge in [-0.2, -0.15) is 0 Å².